The number of carbonyl (C=O) groups excluding carboxylic acids is 1. The van der Waals surface area contributed by atoms with E-state index in [1.807, 2.05) is 0 Å². The van der Waals surface area contributed by atoms with E-state index in [0.717, 1.165) is 5.56 Å². The van der Waals surface area contributed by atoms with Gasteiger partial charge in [0, 0.05) is 12.2 Å². The van der Waals surface area contributed by atoms with Gasteiger partial charge in [-0.2, -0.15) is 0 Å². The summed E-state index contributed by atoms with van der Waals surface area (Å²) in [4.78, 5) is 15.8. The number of rotatable bonds is 4. The van der Waals surface area contributed by atoms with Gasteiger partial charge in [0.25, 0.3) is 0 Å². The van der Waals surface area contributed by atoms with E-state index < -0.39 is 5.82 Å². The molecule has 1 aromatic carbocycles. The first-order valence-electron chi connectivity index (χ1n) is 5.95. The molecule has 1 aromatic heterocycles. The predicted molar refractivity (Wildman–Crippen MR) is 75.6 cm³/mol. The Morgan fingerprint density at radius 3 is 2.80 bits per heavy atom. The minimum Gasteiger partial charge on any atom is -0.397 e. The smallest absolute Gasteiger partial charge is 0.226 e. The summed E-state index contributed by atoms with van der Waals surface area (Å²) in [6.07, 6.45) is 1.66. The third kappa shape index (κ3) is 3.93. The molecule has 4 nitrogen and oxygen atoms in total. The van der Waals surface area contributed by atoms with Crippen LogP contribution in [0.3, 0.4) is 0 Å². The summed E-state index contributed by atoms with van der Waals surface area (Å²) in [5, 5.41) is 2.76. The predicted octanol–water partition coefficient (Wildman–Crippen LogP) is 2.32. The van der Waals surface area contributed by atoms with Gasteiger partial charge in [-0.15, -0.1) is 0 Å². The van der Waals surface area contributed by atoms with Crippen LogP contribution in [0.25, 0.3) is 0 Å². The molecule has 0 saturated carbocycles. The van der Waals surface area contributed by atoms with Crippen LogP contribution in [0.1, 0.15) is 11.3 Å². The monoisotopic (exact) mass is 293 g/mol. The van der Waals surface area contributed by atoms with E-state index in [4.69, 9.17) is 17.3 Å². The summed E-state index contributed by atoms with van der Waals surface area (Å²) in [6, 6.07) is 7.71. The van der Waals surface area contributed by atoms with Crippen LogP contribution in [0.2, 0.25) is 5.02 Å². The van der Waals surface area contributed by atoms with Crippen LogP contribution >= 0.6 is 11.6 Å². The molecule has 0 spiro atoms. The maximum absolute atomic E-state index is 13.0. The molecule has 20 heavy (non-hydrogen) atoms. The molecule has 1 heterocycles. The van der Waals surface area contributed by atoms with Crippen LogP contribution in [0.5, 0.6) is 0 Å². The Labute approximate surface area is 120 Å². The second-order valence-corrected chi connectivity index (χ2v) is 4.69. The van der Waals surface area contributed by atoms with Crippen LogP contribution in [-0.2, 0) is 17.8 Å². The van der Waals surface area contributed by atoms with E-state index in [-0.39, 0.29) is 23.9 Å². The molecule has 0 fully saturated rings. The molecule has 6 heteroatoms. The molecule has 0 aliphatic carbocycles. The molecule has 0 aliphatic heterocycles. The summed E-state index contributed by atoms with van der Waals surface area (Å²) < 4.78 is 13.0. The van der Waals surface area contributed by atoms with Crippen LogP contribution in [0.4, 0.5) is 10.1 Å². The number of nitrogen functional groups attached to an aromatic ring is 1. The molecule has 0 unspecified atom stereocenters. The van der Waals surface area contributed by atoms with Gasteiger partial charge in [0.1, 0.15) is 5.82 Å². The van der Waals surface area contributed by atoms with Crippen molar-refractivity contribution in [2.24, 2.45) is 0 Å². The second kappa shape index (κ2) is 6.34. The van der Waals surface area contributed by atoms with Gasteiger partial charge in [0.2, 0.25) is 5.91 Å². The number of nitrogens with one attached hydrogen (secondary N) is 1. The Morgan fingerprint density at radius 2 is 2.15 bits per heavy atom. The molecule has 0 radical (unpaired) electrons. The topological polar surface area (TPSA) is 68.0 Å². The lowest BCUT2D eigenvalue weighted by molar-refractivity contribution is -0.120. The second-order valence-electron chi connectivity index (χ2n) is 4.28. The molecule has 2 rings (SSSR count). The first-order valence-corrected chi connectivity index (χ1v) is 6.33. The summed E-state index contributed by atoms with van der Waals surface area (Å²) in [5.41, 5.74) is 7.43. The van der Waals surface area contributed by atoms with Gasteiger partial charge in [0.15, 0.2) is 0 Å². The molecule has 3 N–H and O–H groups in total. The highest BCUT2D eigenvalue weighted by molar-refractivity contribution is 6.30. The van der Waals surface area contributed by atoms with Crippen LogP contribution < -0.4 is 11.1 Å². The van der Waals surface area contributed by atoms with Gasteiger partial charge in [-0.25, -0.2) is 4.39 Å². The number of hydrogen-bond donors (Lipinski definition) is 2. The van der Waals surface area contributed by atoms with Crippen LogP contribution in [0.15, 0.2) is 36.5 Å². The number of amides is 1. The van der Waals surface area contributed by atoms with Crippen molar-refractivity contribution in [3.63, 3.8) is 0 Å². The van der Waals surface area contributed by atoms with Gasteiger partial charge in [0.05, 0.1) is 23.3 Å². The van der Waals surface area contributed by atoms with E-state index >= 15 is 0 Å². The van der Waals surface area contributed by atoms with Crippen LogP contribution in [-0.4, -0.2) is 10.9 Å². The number of pyridine rings is 1. The SMILES string of the molecule is Nc1ccc(CC(=O)NCc2ccc(F)c(Cl)c2)nc1. The molecule has 0 saturated heterocycles. The van der Waals surface area contributed by atoms with Gasteiger partial charge >= 0.3 is 0 Å². The fourth-order valence-electron chi connectivity index (χ4n) is 1.62. The van der Waals surface area contributed by atoms with Crippen molar-refractivity contribution in [3.8, 4) is 0 Å². The van der Waals surface area contributed by atoms with Crippen molar-refractivity contribution in [3.05, 3.63) is 58.6 Å². The normalized spacial score (nSPS) is 10.3. The van der Waals surface area contributed by atoms with E-state index in [2.05, 4.69) is 10.3 Å². The minimum atomic E-state index is -0.479. The first kappa shape index (κ1) is 14.3. The molecule has 0 aliphatic rings. The fraction of sp³-hybridized carbons (Fsp3) is 0.143. The van der Waals surface area contributed by atoms with E-state index in [1.54, 1.807) is 18.2 Å². The molecule has 2 aromatic rings. The van der Waals surface area contributed by atoms with E-state index in [9.17, 15) is 9.18 Å². The van der Waals surface area contributed by atoms with Gasteiger partial charge in [-0.05, 0) is 29.8 Å². The van der Waals surface area contributed by atoms with Crippen molar-refractivity contribution in [1.82, 2.24) is 10.3 Å². The van der Waals surface area contributed by atoms with E-state index in [1.165, 1.54) is 18.3 Å². The zero-order chi connectivity index (χ0) is 14.5. The highest BCUT2D eigenvalue weighted by atomic mass is 35.5. The van der Waals surface area contributed by atoms with Crippen molar-refractivity contribution in [2.45, 2.75) is 13.0 Å². The number of carbonyl (C=O) groups is 1. The summed E-state index contributed by atoms with van der Waals surface area (Å²) >= 11 is 5.66. The molecule has 0 atom stereocenters. The third-order valence-corrected chi connectivity index (χ3v) is 2.95. The quantitative estimate of drug-likeness (QED) is 0.909. The third-order valence-electron chi connectivity index (χ3n) is 2.66. The number of nitrogens with two attached hydrogens (primary N) is 1. The van der Waals surface area contributed by atoms with Gasteiger partial charge < -0.3 is 11.1 Å². The number of nitrogens with zero attached hydrogens (tertiary/aromatic N) is 1. The lowest BCUT2D eigenvalue weighted by atomic mass is 10.2. The van der Waals surface area contributed by atoms with Crippen molar-refractivity contribution < 1.29 is 9.18 Å². The average Bonchev–Trinajstić information content (AvgIpc) is 2.43. The Morgan fingerprint density at radius 1 is 1.35 bits per heavy atom. The Bertz CT molecular complexity index is 616. The molecule has 0 bridgehead atoms. The average molecular weight is 294 g/mol. The van der Waals surface area contributed by atoms with Crippen molar-refractivity contribution in [1.29, 1.82) is 0 Å². The number of aromatic nitrogens is 1. The lowest BCUT2D eigenvalue weighted by Crippen LogP contribution is -2.24. The Balaban J connectivity index is 1.88. The van der Waals surface area contributed by atoms with Gasteiger partial charge in [-0.3, -0.25) is 9.78 Å². The Kier molecular flexibility index (Phi) is 4.53. The van der Waals surface area contributed by atoms with E-state index in [0.29, 0.717) is 11.4 Å². The van der Waals surface area contributed by atoms with Crippen molar-refractivity contribution >= 4 is 23.2 Å². The summed E-state index contributed by atoms with van der Waals surface area (Å²) in [5.74, 6) is -0.657. The lowest BCUT2D eigenvalue weighted by Gasteiger charge is -2.06. The highest BCUT2D eigenvalue weighted by Gasteiger charge is 2.06. The number of halogens is 2. The number of anilines is 1. The zero-order valence-electron chi connectivity index (χ0n) is 10.6. The first-order chi connectivity index (χ1) is 9.54. The molecular weight excluding hydrogens is 281 g/mol. The standard InChI is InChI=1S/C14H13ClFN3O/c15-12-5-9(1-4-13(12)16)7-19-14(20)6-11-3-2-10(17)8-18-11/h1-5,8H,6-7,17H2,(H,19,20). The summed E-state index contributed by atoms with van der Waals surface area (Å²) in [6.45, 7) is 0.286. The Hall–Kier alpha value is -2.14. The zero-order valence-corrected chi connectivity index (χ0v) is 11.3. The molecular formula is C14H13ClFN3O. The van der Waals surface area contributed by atoms with Crippen molar-refractivity contribution in [2.75, 3.05) is 5.73 Å². The largest absolute Gasteiger partial charge is 0.397 e. The highest BCUT2D eigenvalue weighted by Crippen LogP contribution is 2.15. The number of benzene rings is 1. The van der Waals surface area contributed by atoms with Crippen LogP contribution in [0, 0.1) is 5.82 Å². The summed E-state index contributed by atoms with van der Waals surface area (Å²) in [7, 11) is 0. The molecule has 1 amide bonds. The maximum atomic E-state index is 13.0. The maximum Gasteiger partial charge on any atom is 0.226 e. The fourth-order valence-corrected chi connectivity index (χ4v) is 1.82. The number of hydrogen-bond acceptors (Lipinski definition) is 3. The molecule has 104 valence electrons. The minimum absolute atomic E-state index is 0.0388. The van der Waals surface area contributed by atoms with Gasteiger partial charge in [-0.1, -0.05) is 17.7 Å².